The van der Waals surface area contributed by atoms with E-state index in [2.05, 4.69) is 25.3 Å². The minimum Gasteiger partial charge on any atom is -0.406 e. The van der Waals surface area contributed by atoms with Crippen molar-refractivity contribution in [1.29, 1.82) is 0 Å². The molecular formula is C20H18F6N6O2. The monoisotopic (exact) mass is 488 g/mol. The number of amides is 1. The van der Waals surface area contributed by atoms with Crippen LogP contribution in [0.3, 0.4) is 0 Å². The molecule has 1 amide bonds. The second-order valence-electron chi connectivity index (χ2n) is 7.65. The maximum absolute atomic E-state index is 13.1. The summed E-state index contributed by atoms with van der Waals surface area (Å²) in [5, 5.41) is 13.4. The smallest absolute Gasteiger partial charge is 0.406 e. The van der Waals surface area contributed by atoms with Crippen LogP contribution in [0.5, 0.6) is 5.75 Å². The largest absolute Gasteiger partial charge is 0.573 e. The van der Waals surface area contributed by atoms with E-state index in [4.69, 9.17) is 0 Å². The van der Waals surface area contributed by atoms with Crippen LogP contribution in [0.2, 0.25) is 0 Å². The van der Waals surface area contributed by atoms with Crippen molar-refractivity contribution < 1.29 is 35.9 Å². The molecule has 34 heavy (non-hydrogen) atoms. The number of benzene rings is 1. The molecule has 3 heterocycles. The average Bonchev–Trinajstić information content (AvgIpc) is 3.21. The lowest BCUT2D eigenvalue weighted by Crippen LogP contribution is -2.40. The predicted octanol–water partition coefficient (Wildman–Crippen LogP) is 3.57. The zero-order valence-electron chi connectivity index (χ0n) is 17.4. The third kappa shape index (κ3) is 5.48. The fraction of sp³-hybridized carbons (Fsp3) is 0.400. The summed E-state index contributed by atoms with van der Waals surface area (Å²) in [5.41, 5.74) is 0.579. The molecule has 1 aliphatic heterocycles. The Bertz CT molecular complexity index is 1150. The summed E-state index contributed by atoms with van der Waals surface area (Å²) >= 11 is 0. The van der Waals surface area contributed by atoms with Crippen LogP contribution in [0.1, 0.15) is 24.2 Å². The molecule has 1 N–H and O–H groups in total. The van der Waals surface area contributed by atoms with E-state index >= 15 is 0 Å². The second-order valence-corrected chi connectivity index (χ2v) is 7.65. The molecule has 0 radical (unpaired) electrons. The Labute approximate surface area is 188 Å². The molecule has 2 aromatic heterocycles. The fourth-order valence-corrected chi connectivity index (χ4v) is 3.64. The summed E-state index contributed by atoms with van der Waals surface area (Å²) in [6.07, 6.45) is -8.56. The number of nitrogens with one attached hydrogen (secondary N) is 1. The molecule has 182 valence electrons. The first kappa shape index (κ1) is 23.6. The number of rotatable bonds is 5. The van der Waals surface area contributed by atoms with Gasteiger partial charge in [-0.1, -0.05) is 12.1 Å². The molecule has 0 bridgehead atoms. The van der Waals surface area contributed by atoms with Gasteiger partial charge in [-0.3, -0.25) is 4.79 Å². The van der Waals surface area contributed by atoms with E-state index in [1.54, 1.807) is 11.0 Å². The highest BCUT2D eigenvalue weighted by Gasteiger charge is 2.38. The summed E-state index contributed by atoms with van der Waals surface area (Å²) < 4.78 is 80.3. The van der Waals surface area contributed by atoms with Gasteiger partial charge in [0.15, 0.2) is 5.65 Å². The van der Waals surface area contributed by atoms with Gasteiger partial charge in [0.2, 0.25) is 5.91 Å². The van der Waals surface area contributed by atoms with Crippen molar-refractivity contribution in [3.63, 3.8) is 0 Å². The fourth-order valence-electron chi connectivity index (χ4n) is 3.64. The zero-order valence-corrected chi connectivity index (χ0v) is 17.4. The first-order valence-electron chi connectivity index (χ1n) is 10.2. The molecular weight excluding hydrogens is 470 g/mol. The van der Waals surface area contributed by atoms with Crippen molar-refractivity contribution in [3.05, 3.63) is 47.8 Å². The average molecular weight is 488 g/mol. The normalized spacial score (nSPS) is 15.5. The van der Waals surface area contributed by atoms with Crippen molar-refractivity contribution >= 4 is 17.4 Å². The van der Waals surface area contributed by atoms with E-state index in [0.29, 0.717) is 41.8 Å². The van der Waals surface area contributed by atoms with Crippen molar-refractivity contribution in [2.24, 2.45) is 5.92 Å². The number of carbonyl (C=O) groups is 1. The number of halogens is 6. The number of fused-ring (bicyclic) bond motifs is 1. The molecule has 0 saturated carbocycles. The maximum atomic E-state index is 13.1. The molecule has 1 fully saturated rings. The Kier molecular flexibility index (Phi) is 6.23. The van der Waals surface area contributed by atoms with E-state index in [9.17, 15) is 31.1 Å². The van der Waals surface area contributed by atoms with Crippen molar-refractivity contribution in [2.45, 2.75) is 31.9 Å². The molecule has 1 aliphatic rings. The maximum Gasteiger partial charge on any atom is 0.573 e. The highest BCUT2D eigenvalue weighted by atomic mass is 19.4. The summed E-state index contributed by atoms with van der Waals surface area (Å²) in [7, 11) is 0. The van der Waals surface area contributed by atoms with Crippen LogP contribution in [-0.4, -0.2) is 45.2 Å². The van der Waals surface area contributed by atoms with Gasteiger partial charge in [0.05, 0.1) is 0 Å². The van der Waals surface area contributed by atoms with Gasteiger partial charge in [0.25, 0.3) is 5.82 Å². The number of alkyl halides is 6. The van der Waals surface area contributed by atoms with E-state index in [-0.39, 0.29) is 29.8 Å². The Morgan fingerprint density at radius 3 is 2.29 bits per heavy atom. The number of nitrogens with zero attached hydrogens (tertiary/aromatic N) is 5. The second kappa shape index (κ2) is 8.99. The number of ether oxygens (including phenoxy) is 1. The summed E-state index contributed by atoms with van der Waals surface area (Å²) in [6.45, 7) is 0.949. The number of carbonyl (C=O) groups excluding carboxylic acids is 1. The molecule has 0 spiro atoms. The number of hydrogen-bond donors (Lipinski definition) is 1. The lowest BCUT2D eigenvalue weighted by Gasteiger charge is -2.32. The molecule has 1 aromatic carbocycles. The molecule has 0 unspecified atom stereocenters. The number of anilines is 1. The van der Waals surface area contributed by atoms with Crippen LogP contribution in [0.4, 0.5) is 32.2 Å². The van der Waals surface area contributed by atoms with Gasteiger partial charge in [-0.15, -0.1) is 28.5 Å². The van der Waals surface area contributed by atoms with Crippen molar-refractivity contribution in [3.8, 4) is 5.75 Å². The molecule has 3 aromatic rings. The molecule has 8 nitrogen and oxygen atoms in total. The molecule has 1 saturated heterocycles. The van der Waals surface area contributed by atoms with E-state index in [1.165, 1.54) is 18.2 Å². The van der Waals surface area contributed by atoms with Crippen LogP contribution < -0.4 is 15.0 Å². The van der Waals surface area contributed by atoms with Crippen LogP contribution >= 0.6 is 0 Å². The van der Waals surface area contributed by atoms with Crippen LogP contribution in [0.15, 0.2) is 36.4 Å². The van der Waals surface area contributed by atoms with Gasteiger partial charge in [0, 0.05) is 25.6 Å². The predicted molar refractivity (Wildman–Crippen MR) is 106 cm³/mol. The van der Waals surface area contributed by atoms with Crippen LogP contribution in [-0.2, 0) is 17.5 Å². The summed E-state index contributed by atoms with van der Waals surface area (Å²) in [5.74, 6) is -1.77. The van der Waals surface area contributed by atoms with Gasteiger partial charge >= 0.3 is 12.5 Å². The first-order chi connectivity index (χ1) is 16.0. The van der Waals surface area contributed by atoms with E-state index in [1.807, 2.05) is 0 Å². The van der Waals surface area contributed by atoms with Gasteiger partial charge < -0.3 is 15.0 Å². The van der Waals surface area contributed by atoms with Gasteiger partial charge in [0.1, 0.15) is 11.6 Å². The van der Waals surface area contributed by atoms with Gasteiger partial charge in [-0.2, -0.15) is 17.7 Å². The molecule has 0 atom stereocenters. The van der Waals surface area contributed by atoms with E-state index < -0.39 is 18.4 Å². The topological polar surface area (TPSA) is 84.6 Å². The number of piperidine rings is 1. The van der Waals surface area contributed by atoms with Crippen molar-refractivity contribution in [1.82, 2.24) is 25.1 Å². The first-order valence-corrected chi connectivity index (χ1v) is 10.2. The Balaban J connectivity index is 1.31. The lowest BCUT2D eigenvalue weighted by atomic mass is 9.96. The lowest BCUT2D eigenvalue weighted by molar-refractivity contribution is -0.274. The standard InChI is InChI=1S/C20H18F6N6O2/c21-19(22,23)18-29-28-15-5-6-16(30-32(15)18)31-9-7-13(8-10-31)17(33)27-11-12-1-3-14(4-2-12)34-20(24,25)26/h1-6,13H,7-11H2,(H,27,33). The summed E-state index contributed by atoms with van der Waals surface area (Å²) in [6, 6.07) is 8.12. The third-order valence-corrected chi connectivity index (χ3v) is 5.32. The quantitative estimate of drug-likeness (QED) is 0.553. The minimum atomic E-state index is -4.78. The molecule has 4 rings (SSSR count). The van der Waals surface area contributed by atoms with E-state index in [0.717, 1.165) is 12.1 Å². The van der Waals surface area contributed by atoms with Gasteiger partial charge in [-0.25, -0.2) is 0 Å². The summed E-state index contributed by atoms with van der Waals surface area (Å²) in [4.78, 5) is 14.3. The Morgan fingerprint density at radius 2 is 1.68 bits per heavy atom. The third-order valence-electron chi connectivity index (χ3n) is 5.32. The highest BCUT2D eigenvalue weighted by Crippen LogP contribution is 2.29. The number of aromatic nitrogens is 4. The van der Waals surface area contributed by atoms with Crippen LogP contribution in [0, 0.1) is 5.92 Å². The minimum absolute atomic E-state index is 0.0247. The van der Waals surface area contributed by atoms with Crippen LogP contribution in [0.25, 0.3) is 5.65 Å². The molecule has 14 heteroatoms. The number of hydrogen-bond acceptors (Lipinski definition) is 6. The zero-order chi connectivity index (χ0) is 24.5. The SMILES string of the molecule is O=C(NCc1ccc(OC(F)(F)F)cc1)C1CCN(c2ccc3nnc(C(F)(F)F)n3n2)CC1. The Morgan fingerprint density at radius 1 is 1.00 bits per heavy atom. The Hall–Kier alpha value is -3.58. The molecule has 0 aliphatic carbocycles. The van der Waals surface area contributed by atoms with Gasteiger partial charge in [-0.05, 0) is 42.7 Å². The highest BCUT2D eigenvalue weighted by molar-refractivity contribution is 5.79. The van der Waals surface area contributed by atoms with Crippen molar-refractivity contribution in [2.75, 3.05) is 18.0 Å².